The Hall–Kier alpha value is -1.76. The average Bonchev–Trinajstić information content (AvgIpc) is 3.25. The largest absolute Gasteiger partial charge is 0.461 e. The molecule has 1 amide bonds. The van der Waals surface area contributed by atoms with Crippen LogP contribution in [-0.4, -0.2) is 32.5 Å². The minimum atomic E-state index is 0.0705. The molecule has 0 bridgehead atoms. The van der Waals surface area contributed by atoms with Crippen molar-refractivity contribution in [2.45, 2.75) is 57.8 Å². The molecule has 136 valence electrons. The number of carbonyl (C=O) groups excluding carboxylic acids is 1. The van der Waals surface area contributed by atoms with Gasteiger partial charge in [0.1, 0.15) is 0 Å². The first-order valence-electron chi connectivity index (χ1n) is 8.99. The standard InChI is InChI=1S/C18H26N4O2S/c1-4-22-17(15-9-6-10-24-15)20-21-18(22)25-11-16(23)19-14-8-5-7-12(2)13(14)3/h6,9-10,12-14H,4-5,7-8,11H2,1-3H3,(H,19,23). The van der Waals surface area contributed by atoms with Gasteiger partial charge in [-0.15, -0.1) is 10.2 Å². The molecular formula is C18H26N4O2S. The molecule has 7 heteroatoms. The smallest absolute Gasteiger partial charge is 0.230 e. The first-order valence-corrected chi connectivity index (χ1v) is 9.98. The molecule has 1 fully saturated rings. The fourth-order valence-corrected chi connectivity index (χ4v) is 4.25. The van der Waals surface area contributed by atoms with E-state index in [4.69, 9.17) is 4.42 Å². The Morgan fingerprint density at radius 2 is 2.24 bits per heavy atom. The second kappa shape index (κ2) is 8.08. The van der Waals surface area contributed by atoms with Gasteiger partial charge in [0.05, 0.1) is 12.0 Å². The number of furan rings is 1. The van der Waals surface area contributed by atoms with Crippen molar-refractivity contribution in [2.75, 3.05) is 5.75 Å². The van der Waals surface area contributed by atoms with E-state index in [1.807, 2.05) is 23.6 Å². The zero-order valence-electron chi connectivity index (χ0n) is 15.1. The van der Waals surface area contributed by atoms with Crippen LogP contribution in [0.25, 0.3) is 11.6 Å². The van der Waals surface area contributed by atoms with Crippen molar-refractivity contribution in [1.29, 1.82) is 0 Å². The highest BCUT2D eigenvalue weighted by molar-refractivity contribution is 7.99. The number of nitrogens with zero attached hydrogens (tertiary/aromatic N) is 3. The summed E-state index contributed by atoms with van der Waals surface area (Å²) in [7, 11) is 0. The van der Waals surface area contributed by atoms with Gasteiger partial charge < -0.3 is 9.73 Å². The van der Waals surface area contributed by atoms with Crippen molar-refractivity contribution in [2.24, 2.45) is 11.8 Å². The fraction of sp³-hybridized carbons (Fsp3) is 0.611. The molecule has 1 saturated carbocycles. The van der Waals surface area contributed by atoms with E-state index in [0.717, 1.165) is 18.1 Å². The number of hydrogen-bond donors (Lipinski definition) is 1. The predicted octanol–water partition coefficient (Wildman–Crippen LogP) is 3.59. The van der Waals surface area contributed by atoms with Crippen LogP contribution < -0.4 is 5.32 Å². The number of hydrogen-bond acceptors (Lipinski definition) is 5. The molecule has 3 atom stereocenters. The third-order valence-electron chi connectivity index (χ3n) is 5.16. The monoisotopic (exact) mass is 362 g/mol. The molecule has 0 aromatic carbocycles. The third-order valence-corrected chi connectivity index (χ3v) is 6.13. The number of carbonyl (C=O) groups is 1. The normalized spacial score (nSPS) is 23.6. The number of amides is 1. The first kappa shape index (κ1) is 18.0. The Morgan fingerprint density at radius 1 is 1.40 bits per heavy atom. The van der Waals surface area contributed by atoms with E-state index in [1.54, 1.807) is 6.26 Å². The molecule has 3 rings (SSSR count). The molecule has 1 aliphatic rings. The predicted molar refractivity (Wildman–Crippen MR) is 98.2 cm³/mol. The molecule has 0 saturated heterocycles. The summed E-state index contributed by atoms with van der Waals surface area (Å²) in [4.78, 5) is 12.4. The minimum absolute atomic E-state index is 0.0705. The zero-order valence-corrected chi connectivity index (χ0v) is 15.9. The third kappa shape index (κ3) is 4.08. The van der Waals surface area contributed by atoms with Gasteiger partial charge in [0, 0.05) is 12.6 Å². The molecule has 2 aromatic heterocycles. The molecule has 0 aliphatic heterocycles. The lowest BCUT2D eigenvalue weighted by Gasteiger charge is -2.34. The van der Waals surface area contributed by atoms with Crippen molar-refractivity contribution in [1.82, 2.24) is 20.1 Å². The topological polar surface area (TPSA) is 73.0 Å². The summed E-state index contributed by atoms with van der Waals surface area (Å²) in [6.07, 6.45) is 5.16. The molecule has 3 unspecified atom stereocenters. The maximum absolute atomic E-state index is 12.4. The lowest BCUT2D eigenvalue weighted by Crippen LogP contribution is -2.44. The highest BCUT2D eigenvalue weighted by Crippen LogP contribution is 2.30. The van der Waals surface area contributed by atoms with E-state index in [0.29, 0.717) is 35.2 Å². The van der Waals surface area contributed by atoms with Crippen LogP contribution in [0, 0.1) is 11.8 Å². The molecule has 1 N–H and O–H groups in total. The second-order valence-corrected chi connectivity index (χ2v) is 7.70. The highest BCUT2D eigenvalue weighted by Gasteiger charge is 2.28. The lowest BCUT2D eigenvalue weighted by molar-refractivity contribution is -0.120. The minimum Gasteiger partial charge on any atom is -0.461 e. The number of nitrogens with one attached hydrogen (secondary N) is 1. The van der Waals surface area contributed by atoms with Gasteiger partial charge in [-0.05, 0) is 37.3 Å². The zero-order chi connectivity index (χ0) is 17.8. The molecule has 6 nitrogen and oxygen atoms in total. The van der Waals surface area contributed by atoms with Crippen LogP contribution in [0.4, 0.5) is 0 Å². The van der Waals surface area contributed by atoms with Crippen molar-refractivity contribution < 1.29 is 9.21 Å². The van der Waals surface area contributed by atoms with Crippen LogP contribution >= 0.6 is 11.8 Å². The Kier molecular flexibility index (Phi) is 5.83. The maximum Gasteiger partial charge on any atom is 0.230 e. The number of rotatable bonds is 6. The van der Waals surface area contributed by atoms with E-state index < -0.39 is 0 Å². The quantitative estimate of drug-likeness (QED) is 0.795. The van der Waals surface area contributed by atoms with Gasteiger partial charge in [-0.2, -0.15) is 0 Å². The summed E-state index contributed by atoms with van der Waals surface area (Å²) < 4.78 is 7.39. The van der Waals surface area contributed by atoms with Gasteiger partial charge in [-0.3, -0.25) is 9.36 Å². The maximum atomic E-state index is 12.4. The number of aromatic nitrogens is 3. The van der Waals surface area contributed by atoms with E-state index in [-0.39, 0.29) is 5.91 Å². The second-order valence-electron chi connectivity index (χ2n) is 6.76. The fourth-order valence-electron chi connectivity index (χ4n) is 3.43. The highest BCUT2D eigenvalue weighted by atomic mass is 32.2. The average molecular weight is 362 g/mol. The van der Waals surface area contributed by atoms with E-state index in [9.17, 15) is 4.79 Å². The molecule has 0 spiro atoms. The van der Waals surface area contributed by atoms with Crippen molar-refractivity contribution in [3.63, 3.8) is 0 Å². The number of thioether (sulfide) groups is 1. The van der Waals surface area contributed by atoms with Gasteiger partial charge in [-0.25, -0.2) is 0 Å². The van der Waals surface area contributed by atoms with Gasteiger partial charge in [-0.1, -0.05) is 38.5 Å². The van der Waals surface area contributed by atoms with Crippen LogP contribution in [0.2, 0.25) is 0 Å². The summed E-state index contributed by atoms with van der Waals surface area (Å²) in [6.45, 7) is 7.28. The van der Waals surface area contributed by atoms with Crippen molar-refractivity contribution in [3.8, 4) is 11.6 Å². The molecule has 25 heavy (non-hydrogen) atoms. The van der Waals surface area contributed by atoms with Crippen LogP contribution in [0.3, 0.4) is 0 Å². The van der Waals surface area contributed by atoms with Crippen molar-refractivity contribution >= 4 is 17.7 Å². The molecule has 2 heterocycles. The van der Waals surface area contributed by atoms with Crippen LogP contribution in [-0.2, 0) is 11.3 Å². The molecule has 2 aromatic rings. The van der Waals surface area contributed by atoms with Gasteiger partial charge >= 0.3 is 0 Å². The Balaban J connectivity index is 1.59. The van der Waals surface area contributed by atoms with Crippen LogP contribution in [0.1, 0.15) is 40.0 Å². The molecular weight excluding hydrogens is 336 g/mol. The molecule has 0 radical (unpaired) electrons. The van der Waals surface area contributed by atoms with E-state index in [1.165, 1.54) is 24.6 Å². The van der Waals surface area contributed by atoms with Gasteiger partial charge in [0.15, 0.2) is 16.7 Å². The summed E-state index contributed by atoms with van der Waals surface area (Å²) in [6, 6.07) is 3.99. The summed E-state index contributed by atoms with van der Waals surface area (Å²) in [5.41, 5.74) is 0. The SMILES string of the molecule is CCn1c(SCC(=O)NC2CCCC(C)C2C)nnc1-c1ccco1. The van der Waals surface area contributed by atoms with Crippen LogP contribution in [0.15, 0.2) is 28.0 Å². The summed E-state index contributed by atoms with van der Waals surface area (Å²) in [5, 5.41) is 12.4. The van der Waals surface area contributed by atoms with E-state index >= 15 is 0 Å². The Bertz CT molecular complexity index is 698. The molecule has 1 aliphatic carbocycles. The first-order chi connectivity index (χ1) is 12.1. The van der Waals surface area contributed by atoms with Crippen LogP contribution in [0.5, 0.6) is 0 Å². The van der Waals surface area contributed by atoms with Gasteiger partial charge in [0.25, 0.3) is 0 Å². The van der Waals surface area contributed by atoms with Gasteiger partial charge in [0.2, 0.25) is 5.91 Å². The lowest BCUT2D eigenvalue weighted by atomic mass is 9.78. The summed E-state index contributed by atoms with van der Waals surface area (Å²) >= 11 is 1.42. The van der Waals surface area contributed by atoms with Crippen molar-refractivity contribution in [3.05, 3.63) is 18.4 Å². The summed E-state index contributed by atoms with van der Waals surface area (Å²) in [5.74, 6) is 3.02. The Morgan fingerprint density at radius 3 is 2.96 bits per heavy atom. The van der Waals surface area contributed by atoms with E-state index in [2.05, 4.69) is 29.4 Å². The Labute approximate surface area is 152 Å².